The number of aliphatic hydroxyl groups is 1. The van der Waals surface area contributed by atoms with E-state index in [-0.39, 0.29) is 6.61 Å². The molecule has 0 aliphatic heterocycles. The third-order valence-corrected chi connectivity index (χ3v) is 4.18. The number of rotatable bonds is 7. The second-order valence-electron chi connectivity index (χ2n) is 5.90. The fourth-order valence-corrected chi connectivity index (χ4v) is 2.70. The molecule has 0 aromatic carbocycles. The normalized spacial score (nSPS) is 26.8. The topological polar surface area (TPSA) is 36.6 Å². The van der Waals surface area contributed by atoms with Crippen LogP contribution in [0, 0.1) is 5.92 Å². The molecule has 1 aromatic rings. The molecule has 0 radical (unpaired) electrons. The predicted octanol–water partition coefficient (Wildman–Crippen LogP) is 2.75. The Balaban J connectivity index is 1.57. The molecule has 0 unspecified atom stereocenters. The van der Waals surface area contributed by atoms with Crippen LogP contribution in [0.3, 0.4) is 0 Å². The summed E-state index contributed by atoms with van der Waals surface area (Å²) in [6.07, 6.45) is 4.75. The molecular weight excluding hydrogens is 226 g/mol. The standard InChI is InChI=1S/C15H23NO2/c1-11-9-14(11)15-6-5-13(18-15)10-16(7-2-8-17)12-3-4-12/h5-6,11-12,14,17H,2-4,7-10H2,1H3/t11-,14+/m0/s1. The van der Waals surface area contributed by atoms with Gasteiger partial charge in [-0.1, -0.05) is 6.92 Å². The zero-order chi connectivity index (χ0) is 12.5. The second kappa shape index (κ2) is 5.06. The summed E-state index contributed by atoms with van der Waals surface area (Å²) in [5.74, 6) is 3.74. The van der Waals surface area contributed by atoms with Crippen LogP contribution in [-0.2, 0) is 6.54 Å². The van der Waals surface area contributed by atoms with Gasteiger partial charge in [-0.3, -0.25) is 4.90 Å². The minimum Gasteiger partial charge on any atom is -0.464 e. The summed E-state index contributed by atoms with van der Waals surface area (Å²) < 4.78 is 5.96. The van der Waals surface area contributed by atoms with Crippen molar-refractivity contribution in [2.24, 2.45) is 5.92 Å². The first kappa shape index (κ1) is 12.2. The fourth-order valence-electron chi connectivity index (χ4n) is 2.70. The number of furan rings is 1. The SMILES string of the molecule is C[C@H]1C[C@H]1c1ccc(CN(CCCO)C2CC2)o1. The van der Waals surface area contributed by atoms with Gasteiger partial charge in [-0.2, -0.15) is 0 Å². The van der Waals surface area contributed by atoms with E-state index in [1.54, 1.807) is 0 Å². The maximum absolute atomic E-state index is 8.95. The Bertz CT molecular complexity index is 397. The van der Waals surface area contributed by atoms with Gasteiger partial charge in [0.25, 0.3) is 0 Å². The first-order valence-corrected chi connectivity index (χ1v) is 7.21. The Morgan fingerprint density at radius 1 is 1.39 bits per heavy atom. The minimum atomic E-state index is 0.284. The third-order valence-electron chi connectivity index (χ3n) is 4.18. The molecule has 1 N–H and O–H groups in total. The molecule has 0 bridgehead atoms. The van der Waals surface area contributed by atoms with Crippen molar-refractivity contribution in [2.75, 3.05) is 13.2 Å². The molecule has 18 heavy (non-hydrogen) atoms. The summed E-state index contributed by atoms with van der Waals surface area (Å²) in [5.41, 5.74) is 0. The van der Waals surface area contributed by atoms with E-state index in [9.17, 15) is 0 Å². The van der Waals surface area contributed by atoms with Gasteiger partial charge >= 0.3 is 0 Å². The molecule has 3 heteroatoms. The molecule has 2 atom stereocenters. The van der Waals surface area contributed by atoms with Gasteiger partial charge in [0.2, 0.25) is 0 Å². The molecule has 0 spiro atoms. The van der Waals surface area contributed by atoms with E-state index in [0.29, 0.717) is 5.92 Å². The predicted molar refractivity (Wildman–Crippen MR) is 70.4 cm³/mol. The Kier molecular flexibility index (Phi) is 3.44. The lowest BCUT2D eigenvalue weighted by Gasteiger charge is -2.20. The highest BCUT2D eigenvalue weighted by molar-refractivity contribution is 5.17. The van der Waals surface area contributed by atoms with E-state index in [2.05, 4.69) is 24.0 Å². The summed E-state index contributed by atoms with van der Waals surface area (Å²) in [5, 5.41) is 8.95. The van der Waals surface area contributed by atoms with Crippen molar-refractivity contribution in [1.29, 1.82) is 0 Å². The molecule has 2 aliphatic rings. The van der Waals surface area contributed by atoms with Crippen molar-refractivity contribution in [1.82, 2.24) is 4.90 Å². The van der Waals surface area contributed by atoms with Crippen LogP contribution in [-0.4, -0.2) is 29.2 Å². The third kappa shape index (κ3) is 2.78. The van der Waals surface area contributed by atoms with E-state index < -0.39 is 0 Å². The Labute approximate surface area is 109 Å². The molecule has 3 nitrogen and oxygen atoms in total. The summed E-state index contributed by atoms with van der Waals surface area (Å²) in [6.45, 7) is 4.46. The Morgan fingerprint density at radius 3 is 2.78 bits per heavy atom. The van der Waals surface area contributed by atoms with Crippen molar-refractivity contribution < 1.29 is 9.52 Å². The Morgan fingerprint density at radius 2 is 2.17 bits per heavy atom. The number of hydrogen-bond acceptors (Lipinski definition) is 3. The molecule has 2 aliphatic carbocycles. The van der Waals surface area contributed by atoms with Crippen LogP contribution in [0.15, 0.2) is 16.5 Å². The van der Waals surface area contributed by atoms with Gasteiger partial charge in [0.15, 0.2) is 0 Å². The van der Waals surface area contributed by atoms with Crippen molar-refractivity contribution in [3.63, 3.8) is 0 Å². The van der Waals surface area contributed by atoms with Crippen molar-refractivity contribution in [2.45, 2.75) is 51.1 Å². The van der Waals surface area contributed by atoms with E-state index in [1.165, 1.54) is 25.0 Å². The van der Waals surface area contributed by atoms with Gasteiger partial charge in [-0.15, -0.1) is 0 Å². The van der Waals surface area contributed by atoms with Gasteiger partial charge in [0, 0.05) is 25.1 Å². The molecule has 1 heterocycles. The zero-order valence-corrected chi connectivity index (χ0v) is 11.1. The maximum Gasteiger partial charge on any atom is 0.118 e. The van der Waals surface area contributed by atoms with E-state index >= 15 is 0 Å². The van der Waals surface area contributed by atoms with Crippen molar-refractivity contribution >= 4 is 0 Å². The summed E-state index contributed by atoms with van der Waals surface area (Å²) >= 11 is 0. The highest BCUT2D eigenvalue weighted by Gasteiger charge is 2.37. The van der Waals surface area contributed by atoms with Crippen LogP contribution in [0.4, 0.5) is 0 Å². The maximum atomic E-state index is 8.95. The average molecular weight is 249 g/mol. The van der Waals surface area contributed by atoms with Gasteiger partial charge in [0.05, 0.1) is 6.54 Å². The molecule has 2 fully saturated rings. The number of hydrogen-bond donors (Lipinski definition) is 1. The monoisotopic (exact) mass is 249 g/mol. The molecule has 2 saturated carbocycles. The van der Waals surface area contributed by atoms with Crippen LogP contribution in [0.25, 0.3) is 0 Å². The van der Waals surface area contributed by atoms with E-state index in [0.717, 1.165) is 37.2 Å². The van der Waals surface area contributed by atoms with Crippen LogP contribution < -0.4 is 0 Å². The fraction of sp³-hybridized carbons (Fsp3) is 0.733. The second-order valence-corrected chi connectivity index (χ2v) is 5.90. The lowest BCUT2D eigenvalue weighted by Crippen LogP contribution is -2.27. The van der Waals surface area contributed by atoms with Crippen molar-refractivity contribution in [3.8, 4) is 0 Å². The highest BCUT2D eigenvalue weighted by atomic mass is 16.3. The molecule has 100 valence electrons. The highest BCUT2D eigenvalue weighted by Crippen LogP contribution is 2.47. The number of aliphatic hydroxyl groups excluding tert-OH is 1. The summed E-state index contributed by atoms with van der Waals surface area (Å²) in [4.78, 5) is 2.45. The lowest BCUT2D eigenvalue weighted by atomic mass is 10.3. The Hall–Kier alpha value is -0.800. The van der Waals surface area contributed by atoms with Gasteiger partial charge < -0.3 is 9.52 Å². The van der Waals surface area contributed by atoms with E-state index in [4.69, 9.17) is 9.52 Å². The van der Waals surface area contributed by atoms with Crippen LogP contribution in [0.5, 0.6) is 0 Å². The average Bonchev–Trinajstić information content (AvgIpc) is 3.27. The molecule has 1 aromatic heterocycles. The van der Waals surface area contributed by atoms with Crippen LogP contribution in [0.1, 0.15) is 50.0 Å². The molecule has 0 saturated heterocycles. The van der Waals surface area contributed by atoms with Crippen LogP contribution in [0.2, 0.25) is 0 Å². The van der Waals surface area contributed by atoms with Gasteiger partial charge in [-0.05, 0) is 43.7 Å². The molecular formula is C15H23NO2. The van der Waals surface area contributed by atoms with Gasteiger partial charge in [-0.25, -0.2) is 0 Å². The molecule has 3 rings (SSSR count). The number of nitrogens with zero attached hydrogens (tertiary/aromatic N) is 1. The van der Waals surface area contributed by atoms with Gasteiger partial charge in [0.1, 0.15) is 11.5 Å². The van der Waals surface area contributed by atoms with Crippen molar-refractivity contribution in [3.05, 3.63) is 23.7 Å². The molecule has 0 amide bonds. The summed E-state index contributed by atoms with van der Waals surface area (Å²) in [7, 11) is 0. The smallest absolute Gasteiger partial charge is 0.118 e. The first-order valence-electron chi connectivity index (χ1n) is 7.21. The lowest BCUT2D eigenvalue weighted by molar-refractivity contribution is 0.199. The largest absolute Gasteiger partial charge is 0.464 e. The first-order chi connectivity index (χ1) is 8.78. The van der Waals surface area contributed by atoms with Crippen LogP contribution >= 0.6 is 0 Å². The quantitative estimate of drug-likeness (QED) is 0.807. The van der Waals surface area contributed by atoms with E-state index in [1.807, 2.05) is 0 Å². The summed E-state index contributed by atoms with van der Waals surface area (Å²) in [6, 6.07) is 5.01. The zero-order valence-electron chi connectivity index (χ0n) is 11.1. The minimum absolute atomic E-state index is 0.284.